The number of methoxy groups -OCH3 is 1. The predicted molar refractivity (Wildman–Crippen MR) is 121 cm³/mol. The van der Waals surface area contributed by atoms with Crippen LogP contribution in [-0.4, -0.2) is 13.1 Å². The molecule has 1 aliphatic rings. The molecule has 0 radical (unpaired) electrons. The van der Waals surface area contributed by atoms with Gasteiger partial charge in [-0.25, -0.2) is 0 Å². The van der Waals surface area contributed by atoms with Gasteiger partial charge in [0.15, 0.2) is 0 Å². The molecule has 0 N–H and O–H groups in total. The number of thiophene rings is 1. The highest BCUT2D eigenvalue weighted by Crippen LogP contribution is 2.38. The minimum Gasteiger partial charge on any atom is -0.486 e. The molecule has 0 fully saturated rings. The monoisotopic (exact) mass is 416 g/mol. The summed E-state index contributed by atoms with van der Waals surface area (Å²) in [5, 5.41) is 2.11. The van der Waals surface area contributed by atoms with Crippen molar-refractivity contribution in [2.24, 2.45) is 0 Å². The molecule has 0 spiro atoms. The third-order valence-electron chi connectivity index (χ3n) is 5.45. The summed E-state index contributed by atoms with van der Waals surface area (Å²) in [5.41, 5.74) is 4.93. The molecule has 3 nitrogen and oxygen atoms in total. The second-order valence-electron chi connectivity index (χ2n) is 7.33. The summed E-state index contributed by atoms with van der Waals surface area (Å²) in [5.74, 6) is 6.41. The van der Waals surface area contributed by atoms with E-state index in [0.717, 1.165) is 24.2 Å². The Bertz CT molecular complexity index is 1070. The van der Waals surface area contributed by atoms with Crippen molar-refractivity contribution in [3.63, 3.8) is 0 Å². The molecular formula is C26H24O3S. The molecule has 1 aromatic heterocycles. The average Bonchev–Trinajstić information content (AvgIpc) is 3.44. The standard InChI is InChI=1S/C26H24O3S/c1-3-5-19(17-26(27)28-2)18-7-11-22(12-8-18)29-24-14-10-20-16-21(9-13-23(20)24)25-6-4-15-30-25/h4,6-9,11-13,15-16,19,24H,10,14,17H2,1-2H3/t19-,24?/m0/s1. The molecule has 1 aliphatic carbocycles. The summed E-state index contributed by atoms with van der Waals surface area (Å²) < 4.78 is 11.1. The first-order valence-electron chi connectivity index (χ1n) is 10.1. The van der Waals surface area contributed by atoms with E-state index in [9.17, 15) is 4.79 Å². The molecule has 0 saturated carbocycles. The first-order valence-corrected chi connectivity index (χ1v) is 11.0. The zero-order valence-corrected chi connectivity index (χ0v) is 18.0. The number of fused-ring (bicyclic) bond motifs is 1. The number of carbonyl (C=O) groups is 1. The minimum absolute atomic E-state index is 0.0736. The fraction of sp³-hybridized carbons (Fsp3) is 0.269. The molecule has 4 rings (SSSR count). The Balaban J connectivity index is 1.47. The Morgan fingerprint density at radius 1 is 1.20 bits per heavy atom. The molecule has 1 heterocycles. The van der Waals surface area contributed by atoms with Crippen molar-refractivity contribution in [1.82, 2.24) is 0 Å². The Morgan fingerprint density at radius 3 is 2.73 bits per heavy atom. The summed E-state index contributed by atoms with van der Waals surface area (Å²) >= 11 is 1.77. The first-order chi connectivity index (χ1) is 14.7. The maximum Gasteiger partial charge on any atom is 0.307 e. The van der Waals surface area contributed by atoms with Gasteiger partial charge in [0, 0.05) is 4.88 Å². The lowest BCUT2D eigenvalue weighted by Crippen LogP contribution is -2.08. The van der Waals surface area contributed by atoms with Gasteiger partial charge in [-0.3, -0.25) is 4.79 Å². The number of hydrogen-bond donors (Lipinski definition) is 0. The molecule has 0 aliphatic heterocycles. The number of esters is 1. The van der Waals surface area contributed by atoms with Crippen LogP contribution in [0.25, 0.3) is 10.4 Å². The van der Waals surface area contributed by atoms with Gasteiger partial charge in [-0.2, -0.15) is 0 Å². The van der Waals surface area contributed by atoms with E-state index in [1.54, 1.807) is 18.3 Å². The van der Waals surface area contributed by atoms with Gasteiger partial charge in [-0.05, 0) is 71.7 Å². The van der Waals surface area contributed by atoms with Gasteiger partial charge in [0.25, 0.3) is 0 Å². The van der Waals surface area contributed by atoms with Gasteiger partial charge in [0.05, 0.1) is 19.4 Å². The largest absolute Gasteiger partial charge is 0.486 e. The van der Waals surface area contributed by atoms with E-state index < -0.39 is 0 Å². The lowest BCUT2D eigenvalue weighted by molar-refractivity contribution is -0.140. The second-order valence-corrected chi connectivity index (χ2v) is 8.28. The quantitative estimate of drug-likeness (QED) is 0.357. The van der Waals surface area contributed by atoms with E-state index in [4.69, 9.17) is 9.47 Å². The molecular weight excluding hydrogens is 392 g/mol. The SMILES string of the molecule is CC#C[C@@H](CC(=O)OC)c1ccc(OC2CCc3cc(-c4cccs4)ccc32)cc1. The van der Waals surface area contributed by atoms with E-state index in [1.807, 2.05) is 24.3 Å². The molecule has 30 heavy (non-hydrogen) atoms. The Hall–Kier alpha value is -3.03. The van der Waals surface area contributed by atoms with Crippen molar-refractivity contribution < 1.29 is 14.3 Å². The summed E-state index contributed by atoms with van der Waals surface area (Å²) in [4.78, 5) is 13.0. The molecule has 1 unspecified atom stereocenters. The van der Waals surface area contributed by atoms with Crippen LogP contribution in [0.2, 0.25) is 0 Å². The lowest BCUT2D eigenvalue weighted by atomic mass is 9.96. The summed E-state index contributed by atoms with van der Waals surface area (Å²) in [6.45, 7) is 1.78. The molecule has 3 aromatic rings. The molecule has 2 atom stereocenters. The van der Waals surface area contributed by atoms with Crippen molar-refractivity contribution in [3.8, 4) is 28.0 Å². The van der Waals surface area contributed by atoms with Gasteiger partial charge in [-0.1, -0.05) is 36.3 Å². The Morgan fingerprint density at radius 2 is 2.03 bits per heavy atom. The highest BCUT2D eigenvalue weighted by atomic mass is 32.1. The van der Waals surface area contributed by atoms with E-state index in [2.05, 4.69) is 47.6 Å². The first kappa shape index (κ1) is 20.3. The zero-order valence-electron chi connectivity index (χ0n) is 17.2. The van der Waals surface area contributed by atoms with Crippen molar-refractivity contribution in [1.29, 1.82) is 0 Å². The summed E-state index contributed by atoms with van der Waals surface area (Å²) in [6, 6.07) is 18.9. The topological polar surface area (TPSA) is 35.5 Å². The molecule has 4 heteroatoms. The average molecular weight is 417 g/mol. The van der Waals surface area contributed by atoms with Crippen LogP contribution in [-0.2, 0) is 16.0 Å². The molecule has 152 valence electrons. The number of hydrogen-bond acceptors (Lipinski definition) is 4. The van der Waals surface area contributed by atoms with Crippen molar-refractivity contribution in [2.45, 2.75) is 38.2 Å². The number of ether oxygens (including phenoxy) is 2. The van der Waals surface area contributed by atoms with Gasteiger partial charge >= 0.3 is 5.97 Å². The van der Waals surface area contributed by atoms with Crippen LogP contribution in [0.5, 0.6) is 5.75 Å². The molecule has 0 bridgehead atoms. The predicted octanol–water partition coefficient (Wildman–Crippen LogP) is 6.15. The highest BCUT2D eigenvalue weighted by molar-refractivity contribution is 7.13. The number of rotatable bonds is 6. The van der Waals surface area contributed by atoms with E-state index in [-0.39, 0.29) is 24.4 Å². The maximum absolute atomic E-state index is 11.7. The van der Waals surface area contributed by atoms with Crippen LogP contribution < -0.4 is 4.74 Å². The van der Waals surface area contributed by atoms with Crippen LogP contribution >= 0.6 is 11.3 Å². The normalized spacial score (nSPS) is 15.6. The van der Waals surface area contributed by atoms with Crippen molar-refractivity contribution in [2.75, 3.05) is 7.11 Å². The highest BCUT2D eigenvalue weighted by Gasteiger charge is 2.25. The van der Waals surface area contributed by atoms with E-state index in [0.29, 0.717) is 0 Å². The van der Waals surface area contributed by atoms with Crippen molar-refractivity contribution >= 4 is 17.3 Å². The minimum atomic E-state index is -0.257. The third-order valence-corrected chi connectivity index (χ3v) is 6.37. The van der Waals surface area contributed by atoms with Gasteiger partial charge < -0.3 is 9.47 Å². The Kier molecular flexibility index (Phi) is 6.21. The molecule has 0 amide bonds. The fourth-order valence-corrected chi connectivity index (χ4v) is 4.64. The molecule has 2 aromatic carbocycles. The number of carbonyl (C=O) groups excluding carboxylic acids is 1. The fourth-order valence-electron chi connectivity index (χ4n) is 3.92. The van der Waals surface area contributed by atoms with E-state index in [1.165, 1.54) is 28.7 Å². The number of benzene rings is 2. The maximum atomic E-state index is 11.7. The summed E-state index contributed by atoms with van der Waals surface area (Å²) in [7, 11) is 1.40. The summed E-state index contributed by atoms with van der Waals surface area (Å²) in [6.07, 6.45) is 2.34. The van der Waals surface area contributed by atoms with Crippen LogP contribution in [0.1, 0.15) is 48.5 Å². The van der Waals surface area contributed by atoms with Crippen LogP contribution in [0.3, 0.4) is 0 Å². The third kappa shape index (κ3) is 4.42. The van der Waals surface area contributed by atoms with Crippen LogP contribution in [0.15, 0.2) is 60.0 Å². The van der Waals surface area contributed by atoms with Gasteiger partial charge in [0.1, 0.15) is 11.9 Å². The molecule has 0 saturated heterocycles. The smallest absolute Gasteiger partial charge is 0.307 e. The lowest BCUT2D eigenvalue weighted by Gasteiger charge is -2.16. The number of aryl methyl sites for hydroxylation is 1. The van der Waals surface area contributed by atoms with E-state index >= 15 is 0 Å². The van der Waals surface area contributed by atoms with Crippen LogP contribution in [0, 0.1) is 11.8 Å². The van der Waals surface area contributed by atoms with Crippen LogP contribution in [0.4, 0.5) is 0 Å². The second kappa shape index (κ2) is 9.19. The van der Waals surface area contributed by atoms with Crippen molar-refractivity contribution in [3.05, 3.63) is 76.7 Å². The Labute approximate surface area is 181 Å². The van der Waals surface area contributed by atoms with Gasteiger partial charge in [-0.15, -0.1) is 17.3 Å². The van der Waals surface area contributed by atoms with Gasteiger partial charge in [0.2, 0.25) is 0 Å². The zero-order chi connectivity index (χ0) is 20.9.